The summed E-state index contributed by atoms with van der Waals surface area (Å²) in [7, 11) is 2.02. The van der Waals surface area contributed by atoms with Crippen LogP contribution in [0.1, 0.15) is 62.2 Å². The summed E-state index contributed by atoms with van der Waals surface area (Å²) in [4.78, 5) is 14.6. The van der Waals surface area contributed by atoms with Crippen LogP contribution in [0, 0.1) is 0 Å². The minimum atomic E-state index is -0.0824. The maximum absolute atomic E-state index is 12.5. The smallest absolute Gasteiger partial charge is 0.242 e. The number of carbonyl (C=O) groups excluding carboxylic acids is 1. The topological polar surface area (TPSA) is 75.9 Å². The summed E-state index contributed by atoms with van der Waals surface area (Å²) < 4.78 is 1.58. The first kappa shape index (κ1) is 19.5. The molecule has 0 saturated carbocycles. The quantitative estimate of drug-likeness (QED) is 0.809. The summed E-state index contributed by atoms with van der Waals surface area (Å²) in [6.45, 7) is 6.99. The highest BCUT2D eigenvalue weighted by atomic mass is 16.2. The summed E-state index contributed by atoms with van der Waals surface area (Å²) in [6.07, 6.45) is 4.84. The Hall–Kier alpha value is -2.28. The third-order valence-electron chi connectivity index (χ3n) is 5.42. The highest BCUT2D eigenvalue weighted by Gasteiger charge is 2.17. The number of rotatable bonds is 7. The number of carbonyl (C=O) groups is 1. The van der Waals surface area contributed by atoms with E-state index in [0.29, 0.717) is 18.4 Å². The van der Waals surface area contributed by atoms with Crippen molar-refractivity contribution in [3.05, 3.63) is 40.7 Å². The zero-order valence-electron chi connectivity index (χ0n) is 16.8. The molecule has 0 radical (unpaired) electrons. The van der Waals surface area contributed by atoms with Crippen molar-refractivity contribution in [3.63, 3.8) is 0 Å². The average Bonchev–Trinajstić information content (AvgIpc) is 3.07. The summed E-state index contributed by atoms with van der Waals surface area (Å²) in [5.41, 5.74) is 4.04. The first-order valence-corrected chi connectivity index (χ1v) is 9.80. The maximum Gasteiger partial charge on any atom is 0.242 e. The van der Waals surface area contributed by atoms with Crippen LogP contribution in [-0.2, 0) is 30.7 Å². The molecule has 1 N–H and O–H groups in total. The van der Waals surface area contributed by atoms with E-state index in [4.69, 9.17) is 0 Å². The van der Waals surface area contributed by atoms with E-state index in [2.05, 4.69) is 57.8 Å². The number of aryl methyl sites for hydroxylation is 2. The molecule has 1 aliphatic carbocycles. The monoisotopic (exact) mass is 370 g/mol. The molecule has 146 valence electrons. The zero-order chi connectivity index (χ0) is 19.4. The Balaban J connectivity index is 1.60. The van der Waals surface area contributed by atoms with Gasteiger partial charge in [-0.3, -0.25) is 9.69 Å². The zero-order valence-corrected chi connectivity index (χ0v) is 16.8. The van der Waals surface area contributed by atoms with Crippen molar-refractivity contribution in [2.45, 2.75) is 71.6 Å². The van der Waals surface area contributed by atoms with Crippen LogP contribution in [0.2, 0.25) is 0 Å². The van der Waals surface area contributed by atoms with Crippen LogP contribution >= 0.6 is 0 Å². The fraction of sp³-hybridized carbons (Fsp3) is 0.600. The predicted molar refractivity (Wildman–Crippen MR) is 104 cm³/mol. The average molecular weight is 371 g/mol. The summed E-state index contributed by atoms with van der Waals surface area (Å²) in [5.74, 6) is 0.615. The maximum atomic E-state index is 12.5. The van der Waals surface area contributed by atoms with Gasteiger partial charge in [0.1, 0.15) is 6.54 Å². The predicted octanol–water partition coefficient (Wildman–Crippen LogP) is 2.27. The molecule has 1 atom stereocenters. The van der Waals surface area contributed by atoms with Gasteiger partial charge in [0.15, 0.2) is 5.82 Å². The minimum absolute atomic E-state index is 0.0389. The van der Waals surface area contributed by atoms with E-state index in [1.807, 2.05) is 14.0 Å². The molecule has 27 heavy (non-hydrogen) atoms. The number of nitrogens with zero attached hydrogens (tertiary/aromatic N) is 5. The first-order chi connectivity index (χ1) is 12.9. The Morgan fingerprint density at radius 2 is 1.96 bits per heavy atom. The highest BCUT2D eigenvalue weighted by molar-refractivity contribution is 5.76. The number of tetrazole rings is 1. The van der Waals surface area contributed by atoms with Crippen LogP contribution in [0.3, 0.4) is 0 Å². The van der Waals surface area contributed by atoms with Gasteiger partial charge in [-0.2, -0.15) is 0 Å². The molecule has 2 aromatic rings. The molecular formula is C20H30N6O. The third-order valence-corrected chi connectivity index (χ3v) is 5.42. The van der Waals surface area contributed by atoms with Gasteiger partial charge >= 0.3 is 0 Å². The highest BCUT2D eigenvalue weighted by Crippen LogP contribution is 2.24. The van der Waals surface area contributed by atoms with Crippen molar-refractivity contribution in [2.75, 3.05) is 7.05 Å². The molecule has 7 heteroatoms. The Labute approximate surface area is 161 Å². The van der Waals surface area contributed by atoms with Gasteiger partial charge in [-0.1, -0.05) is 18.2 Å². The Morgan fingerprint density at radius 3 is 2.70 bits per heavy atom. The Morgan fingerprint density at radius 1 is 1.22 bits per heavy atom. The molecule has 7 nitrogen and oxygen atoms in total. The number of amides is 1. The molecule has 1 aliphatic rings. The normalized spacial score (nSPS) is 15.0. The molecule has 1 amide bonds. The molecule has 0 bridgehead atoms. The molecule has 1 heterocycles. The number of hydrogen-bond acceptors (Lipinski definition) is 5. The lowest BCUT2D eigenvalue weighted by Crippen LogP contribution is -2.32. The van der Waals surface area contributed by atoms with E-state index in [0.717, 1.165) is 12.0 Å². The van der Waals surface area contributed by atoms with Crippen LogP contribution in [0.4, 0.5) is 0 Å². The fourth-order valence-electron chi connectivity index (χ4n) is 3.39. The lowest BCUT2D eigenvalue weighted by molar-refractivity contribution is -0.122. The summed E-state index contributed by atoms with van der Waals surface area (Å²) >= 11 is 0. The fourth-order valence-corrected chi connectivity index (χ4v) is 3.39. The number of nitrogens with one attached hydrogen (secondary N) is 1. The lowest BCUT2D eigenvalue weighted by Gasteiger charge is -2.21. The first-order valence-electron chi connectivity index (χ1n) is 9.80. The SMILES string of the molecule is CC(C)N(C)Cc1nnnn1CC(=O)N[C@@H](C)c1ccc2c(c1)CCCC2. The summed E-state index contributed by atoms with van der Waals surface area (Å²) in [5, 5.41) is 14.8. The van der Waals surface area contributed by atoms with E-state index >= 15 is 0 Å². The lowest BCUT2D eigenvalue weighted by atomic mass is 9.89. The van der Waals surface area contributed by atoms with Crippen LogP contribution in [0.15, 0.2) is 18.2 Å². The van der Waals surface area contributed by atoms with Crippen molar-refractivity contribution in [1.82, 2.24) is 30.4 Å². The van der Waals surface area contributed by atoms with Crippen molar-refractivity contribution >= 4 is 5.91 Å². The van der Waals surface area contributed by atoms with Crippen LogP contribution in [0.5, 0.6) is 0 Å². The van der Waals surface area contributed by atoms with Crippen molar-refractivity contribution in [3.8, 4) is 0 Å². The number of hydrogen-bond donors (Lipinski definition) is 1. The molecule has 0 unspecified atom stereocenters. The summed E-state index contributed by atoms with van der Waals surface area (Å²) in [6, 6.07) is 6.94. The van der Waals surface area contributed by atoms with Gasteiger partial charge in [-0.05, 0) is 80.6 Å². The third kappa shape index (κ3) is 4.91. The molecular weight excluding hydrogens is 340 g/mol. The van der Waals surface area contributed by atoms with Gasteiger partial charge in [0, 0.05) is 6.04 Å². The molecule has 0 saturated heterocycles. The van der Waals surface area contributed by atoms with Crippen molar-refractivity contribution in [1.29, 1.82) is 0 Å². The molecule has 3 rings (SSSR count). The van der Waals surface area contributed by atoms with E-state index in [1.54, 1.807) is 4.68 Å². The molecule has 0 fully saturated rings. The number of aromatic nitrogens is 4. The van der Waals surface area contributed by atoms with Gasteiger partial charge in [-0.15, -0.1) is 5.10 Å². The number of benzene rings is 1. The van der Waals surface area contributed by atoms with Crippen molar-refractivity contribution in [2.24, 2.45) is 0 Å². The van der Waals surface area contributed by atoms with E-state index in [-0.39, 0.29) is 18.5 Å². The van der Waals surface area contributed by atoms with Gasteiger partial charge in [0.2, 0.25) is 5.91 Å². The molecule has 0 aliphatic heterocycles. The molecule has 1 aromatic heterocycles. The van der Waals surface area contributed by atoms with Gasteiger partial charge in [-0.25, -0.2) is 4.68 Å². The van der Waals surface area contributed by atoms with Gasteiger partial charge < -0.3 is 5.32 Å². The second-order valence-corrected chi connectivity index (χ2v) is 7.79. The van der Waals surface area contributed by atoms with E-state index < -0.39 is 0 Å². The number of fused-ring (bicyclic) bond motifs is 1. The van der Waals surface area contributed by atoms with Crippen LogP contribution < -0.4 is 5.32 Å². The Kier molecular flexibility index (Phi) is 6.21. The van der Waals surface area contributed by atoms with Crippen LogP contribution in [-0.4, -0.2) is 44.1 Å². The minimum Gasteiger partial charge on any atom is -0.348 e. The Bertz CT molecular complexity index is 785. The van der Waals surface area contributed by atoms with Crippen LogP contribution in [0.25, 0.3) is 0 Å². The molecule has 1 aromatic carbocycles. The van der Waals surface area contributed by atoms with E-state index in [9.17, 15) is 4.79 Å². The second kappa shape index (κ2) is 8.61. The van der Waals surface area contributed by atoms with E-state index in [1.165, 1.54) is 30.4 Å². The van der Waals surface area contributed by atoms with Gasteiger partial charge in [0.05, 0.1) is 12.6 Å². The standard InChI is InChI=1S/C20H30N6O/c1-14(2)25(4)12-19-22-23-24-26(19)13-20(27)21-15(3)17-10-9-16-7-5-6-8-18(16)11-17/h9-11,14-15H,5-8,12-13H2,1-4H3,(H,21,27)/t15-/m0/s1. The molecule has 0 spiro atoms. The van der Waals surface area contributed by atoms with Crippen molar-refractivity contribution < 1.29 is 4.79 Å². The van der Waals surface area contributed by atoms with Gasteiger partial charge in [0.25, 0.3) is 0 Å². The largest absolute Gasteiger partial charge is 0.348 e. The second-order valence-electron chi connectivity index (χ2n) is 7.79.